The number of aliphatic hydroxyl groups excluding tert-OH is 1. The number of benzene rings is 1. The SMILES string of the molecule is CCOC(=O)C(O)c1cc(O)c(O)cc1C(F)(F)F. The molecular weight excluding hydrogens is 269 g/mol. The van der Waals surface area contributed by atoms with Crippen LogP contribution in [-0.2, 0) is 15.7 Å². The summed E-state index contributed by atoms with van der Waals surface area (Å²) in [5, 5.41) is 27.7. The van der Waals surface area contributed by atoms with Gasteiger partial charge in [-0.25, -0.2) is 4.79 Å². The molecule has 5 nitrogen and oxygen atoms in total. The summed E-state index contributed by atoms with van der Waals surface area (Å²) in [5.74, 6) is -3.17. The standard InChI is InChI=1S/C11H11F3O5/c1-2-19-10(18)9(17)5-3-7(15)8(16)4-6(5)11(12,13)14/h3-4,9,15-17H,2H2,1H3. The first-order valence-electron chi connectivity index (χ1n) is 5.16. The molecule has 0 amide bonds. The van der Waals surface area contributed by atoms with E-state index >= 15 is 0 Å². The van der Waals surface area contributed by atoms with Crippen LogP contribution in [0.5, 0.6) is 11.5 Å². The molecule has 0 fully saturated rings. The van der Waals surface area contributed by atoms with Crippen molar-refractivity contribution in [2.75, 3.05) is 6.61 Å². The predicted molar refractivity (Wildman–Crippen MR) is 56.4 cm³/mol. The number of phenols is 2. The first-order valence-corrected chi connectivity index (χ1v) is 5.16. The highest BCUT2D eigenvalue weighted by Gasteiger charge is 2.38. The van der Waals surface area contributed by atoms with Crippen LogP contribution >= 0.6 is 0 Å². The molecule has 1 aromatic rings. The number of rotatable bonds is 3. The number of phenolic OH excluding ortho intramolecular Hbond substituents is 2. The van der Waals surface area contributed by atoms with E-state index in [1.165, 1.54) is 6.92 Å². The lowest BCUT2D eigenvalue weighted by molar-refractivity contribution is -0.155. The topological polar surface area (TPSA) is 87.0 Å². The quantitative estimate of drug-likeness (QED) is 0.579. The van der Waals surface area contributed by atoms with Gasteiger partial charge in [0.2, 0.25) is 0 Å². The van der Waals surface area contributed by atoms with E-state index < -0.39 is 40.9 Å². The van der Waals surface area contributed by atoms with Crippen LogP contribution in [0.1, 0.15) is 24.2 Å². The van der Waals surface area contributed by atoms with Crippen molar-refractivity contribution in [3.8, 4) is 11.5 Å². The highest BCUT2D eigenvalue weighted by atomic mass is 19.4. The van der Waals surface area contributed by atoms with Crippen molar-refractivity contribution in [3.05, 3.63) is 23.3 Å². The Morgan fingerprint density at radius 1 is 1.32 bits per heavy atom. The van der Waals surface area contributed by atoms with Gasteiger partial charge in [0.25, 0.3) is 0 Å². The molecule has 0 spiro atoms. The molecule has 0 bridgehead atoms. The van der Waals surface area contributed by atoms with Gasteiger partial charge in [-0.3, -0.25) is 0 Å². The zero-order chi connectivity index (χ0) is 14.8. The average Bonchev–Trinajstić information content (AvgIpc) is 2.30. The van der Waals surface area contributed by atoms with Gasteiger partial charge in [-0.2, -0.15) is 13.2 Å². The number of halogens is 3. The lowest BCUT2D eigenvalue weighted by Gasteiger charge is -2.17. The Morgan fingerprint density at radius 2 is 1.84 bits per heavy atom. The van der Waals surface area contributed by atoms with Crippen LogP contribution in [0.2, 0.25) is 0 Å². The summed E-state index contributed by atoms with van der Waals surface area (Å²) in [4.78, 5) is 11.2. The first kappa shape index (κ1) is 15.1. The summed E-state index contributed by atoms with van der Waals surface area (Å²) in [6.07, 6.45) is -7.11. The number of aliphatic hydroxyl groups is 1. The monoisotopic (exact) mass is 280 g/mol. The summed E-state index contributed by atoms with van der Waals surface area (Å²) >= 11 is 0. The van der Waals surface area contributed by atoms with E-state index in [4.69, 9.17) is 5.11 Å². The lowest BCUT2D eigenvalue weighted by atomic mass is 10.0. The molecule has 106 valence electrons. The number of alkyl halides is 3. The van der Waals surface area contributed by atoms with Crippen LogP contribution in [0.15, 0.2) is 12.1 Å². The number of esters is 1. The molecule has 0 heterocycles. The van der Waals surface area contributed by atoms with Gasteiger partial charge < -0.3 is 20.1 Å². The summed E-state index contributed by atoms with van der Waals surface area (Å²) in [5.41, 5.74) is -2.32. The smallest absolute Gasteiger partial charge is 0.416 e. The highest BCUT2D eigenvalue weighted by Crippen LogP contribution is 2.40. The predicted octanol–water partition coefficient (Wildman–Crippen LogP) is 1.71. The Morgan fingerprint density at radius 3 is 2.32 bits per heavy atom. The van der Waals surface area contributed by atoms with Crippen LogP contribution in [0.3, 0.4) is 0 Å². The molecule has 0 aliphatic heterocycles. The number of hydrogen-bond acceptors (Lipinski definition) is 5. The third kappa shape index (κ3) is 3.28. The molecule has 3 N–H and O–H groups in total. The number of hydrogen-bond donors (Lipinski definition) is 3. The molecule has 0 radical (unpaired) electrons. The van der Waals surface area contributed by atoms with Crippen molar-refractivity contribution in [1.82, 2.24) is 0 Å². The molecule has 0 saturated heterocycles. The average molecular weight is 280 g/mol. The Labute approximate surface area is 105 Å². The van der Waals surface area contributed by atoms with Gasteiger partial charge in [0.05, 0.1) is 12.2 Å². The Balaban J connectivity index is 3.33. The second kappa shape index (κ2) is 5.35. The zero-order valence-electron chi connectivity index (χ0n) is 9.73. The van der Waals surface area contributed by atoms with E-state index in [0.29, 0.717) is 6.07 Å². The zero-order valence-corrected chi connectivity index (χ0v) is 9.73. The van der Waals surface area contributed by atoms with Crippen LogP contribution in [-0.4, -0.2) is 27.9 Å². The fraction of sp³-hybridized carbons (Fsp3) is 0.364. The summed E-state index contributed by atoms with van der Waals surface area (Å²) in [7, 11) is 0. The Bertz CT molecular complexity index is 484. The van der Waals surface area contributed by atoms with Crippen LogP contribution in [0.25, 0.3) is 0 Å². The fourth-order valence-corrected chi connectivity index (χ4v) is 1.41. The molecule has 19 heavy (non-hydrogen) atoms. The van der Waals surface area contributed by atoms with E-state index in [0.717, 1.165) is 0 Å². The van der Waals surface area contributed by atoms with Gasteiger partial charge >= 0.3 is 12.1 Å². The Hall–Kier alpha value is -1.96. The second-order valence-corrected chi connectivity index (χ2v) is 3.58. The van der Waals surface area contributed by atoms with Crippen molar-refractivity contribution < 1.29 is 38.0 Å². The molecule has 8 heteroatoms. The van der Waals surface area contributed by atoms with Gasteiger partial charge in [-0.05, 0) is 19.1 Å². The van der Waals surface area contributed by atoms with Crippen molar-refractivity contribution in [3.63, 3.8) is 0 Å². The normalized spacial score (nSPS) is 13.1. The van der Waals surface area contributed by atoms with Crippen LogP contribution < -0.4 is 0 Å². The highest BCUT2D eigenvalue weighted by molar-refractivity contribution is 5.77. The number of carbonyl (C=O) groups excluding carboxylic acids is 1. The lowest BCUT2D eigenvalue weighted by Crippen LogP contribution is -2.20. The van der Waals surface area contributed by atoms with Gasteiger partial charge in [0.1, 0.15) is 0 Å². The summed E-state index contributed by atoms with van der Waals surface area (Å²) in [6.45, 7) is 1.30. The number of aromatic hydroxyl groups is 2. The molecule has 0 aliphatic carbocycles. The third-order valence-electron chi connectivity index (χ3n) is 2.26. The van der Waals surface area contributed by atoms with Crippen molar-refractivity contribution in [2.45, 2.75) is 19.2 Å². The summed E-state index contributed by atoms with van der Waals surface area (Å²) in [6, 6.07) is 0.701. The maximum Gasteiger partial charge on any atom is 0.416 e. The van der Waals surface area contributed by atoms with E-state index in [1.54, 1.807) is 0 Å². The minimum atomic E-state index is -4.91. The van der Waals surface area contributed by atoms with E-state index in [-0.39, 0.29) is 12.7 Å². The maximum absolute atomic E-state index is 12.7. The van der Waals surface area contributed by atoms with Crippen molar-refractivity contribution in [2.24, 2.45) is 0 Å². The molecule has 0 aromatic heterocycles. The van der Waals surface area contributed by atoms with Crippen molar-refractivity contribution in [1.29, 1.82) is 0 Å². The van der Waals surface area contributed by atoms with Crippen molar-refractivity contribution >= 4 is 5.97 Å². The molecule has 0 saturated carbocycles. The second-order valence-electron chi connectivity index (χ2n) is 3.58. The van der Waals surface area contributed by atoms with Gasteiger partial charge in [-0.1, -0.05) is 0 Å². The van der Waals surface area contributed by atoms with Gasteiger partial charge in [-0.15, -0.1) is 0 Å². The van der Waals surface area contributed by atoms with Gasteiger partial charge in [0.15, 0.2) is 17.6 Å². The number of ether oxygens (including phenoxy) is 1. The van der Waals surface area contributed by atoms with Gasteiger partial charge in [0, 0.05) is 5.56 Å². The molecule has 1 atom stereocenters. The van der Waals surface area contributed by atoms with Crippen LogP contribution in [0.4, 0.5) is 13.2 Å². The molecule has 1 unspecified atom stereocenters. The molecule has 0 aliphatic rings. The third-order valence-corrected chi connectivity index (χ3v) is 2.26. The largest absolute Gasteiger partial charge is 0.504 e. The minimum Gasteiger partial charge on any atom is -0.504 e. The fourth-order valence-electron chi connectivity index (χ4n) is 1.41. The number of carbonyl (C=O) groups is 1. The Kier molecular flexibility index (Phi) is 4.25. The van der Waals surface area contributed by atoms with Crippen LogP contribution in [0, 0.1) is 0 Å². The maximum atomic E-state index is 12.7. The summed E-state index contributed by atoms with van der Waals surface area (Å²) < 4.78 is 42.5. The molecule has 1 aromatic carbocycles. The molecule has 1 rings (SSSR count). The van der Waals surface area contributed by atoms with E-state index in [9.17, 15) is 28.2 Å². The minimum absolute atomic E-state index is 0.124. The first-order chi connectivity index (χ1) is 8.68. The van der Waals surface area contributed by atoms with E-state index in [1.807, 2.05) is 0 Å². The molecular formula is C11H11F3O5. The van der Waals surface area contributed by atoms with E-state index in [2.05, 4.69) is 4.74 Å².